The van der Waals surface area contributed by atoms with Crippen molar-refractivity contribution in [1.29, 1.82) is 0 Å². The molecule has 0 fully saturated rings. The van der Waals surface area contributed by atoms with Gasteiger partial charge in [0.25, 0.3) is 0 Å². The van der Waals surface area contributed by atoms with Crippen LogP contribution in [0, 0.1) is 11.6 Å². The Bertz CT molecular complexity index is 421. The van der Waals surface area contributed by atoms with E-state index in [9.17, 15) is 13.6 Å². The van der Waals surface area contributed by atoms with Crippen molar-refractivity contribution in [2.24, 2.45) is 0 Å². The van der Waals surface area contributed by atoms with Crippen LogP contribution in [-0.4, -0.2) is 12.6 Å². The van der Waals surface area contributed by atoms with Crippen LogP contribution in [0.5, 0.6) is 5.75 Å². The number of halogens is 2. The lowest BCUT2D eigenvalue weighted by Crippen LogP contribution is -2.04. The van der Waals surface area contributed by atoms with Crippen LogP contribution in [0.15, 0.2) is 30.0 Å². The summed E-state index contributed by atoms with van der Waals surface area (Å²) in [6.45, 7) is 3.28. The third-order valence-electron chi connectivity index (χ3n) is 1.79. The fourth-order valence-electron chi connectivity index (χ4n) is 1.12. The molecule has 0 aromatic heterocycles. The Kier molecular flexibility index (Phi) is 4.63. The molecule has 1 aromatic rings. The lowest BCUT2D eigenvalue weighted by atomic mass is 10.3. The summed E-state index contributed by atoms with van der Waals surface area (Å²) in [4.78, 5) is 11.0. The second-order valence-corrected chi connectivity index (χ2v) is 3.16. The Morgan fingerprint density at radius 2 is 1.94 bits per heavy atom. The van der Waals surface area contributed by atoms with Gasteiger partial charge in [-0.3, -0.25) is 0 Å². The molecule has 0 amide bonds. The molecular formula is C12H12F2O3. The highest BCUT2D eigenvalue weighted by atomic mass is 19.1. The highest BCUT2D eigenvalue weighted by Gasteiger charge is 2.11. The van der Waals surface area contributed by atoms with Gasteiger partial charge in [0, 0.05) is 0 Å². The Morgan fingerprint density at radius 3 is 2.47 bits per heavy atom. The monoisotopic (exact) mass is 242 g/mol. The van der Waals surface area contributed by atoms with Crippen molar-refractivity contribution >= 4 is 5.97 Å². The molecule has 0 aliphatic rings. The van der Waals surface area contributed by atoms with Crippen molar-refractivity contribution in [2.45, 2.75) is 13.8 Å². The van der Waals surface area contributed by atoms with Gasteiger partial charge in [-0.15, -0.1) is 0 Å². The summed E-state index contributed by atoms with van der Waals surface area (Å²) < 4.78 is 35.9. The van der Waals surface area contributed by atoms with Gasteiger partial charge >= 0.3 is 5.97 Å². The number of hydrogen-bond donors (Lipinski definition) is 0. The van der Waals surface area contributed by atoms with Crippen LogP contribution < -0.4 is 4.74 Å². The second-order valence-electron chi connectivity index (χ2n) is 3.16. The van der Waals surface area contributed by atoms with E-state index in [1.807, 2.05) is 0 Å². The maximum Gasteiger partial charge on any atom is 0.334 e. The fraction of sp³-hybridized carbons (Fsp3) is 0.250. The summed E-state index contributed by atoms with van der Waals surface area (Å²) in [6, 6.07) is 3.36. The molecule has 0 saturated carbocycles. The molecule has 0 bridgehead atoms. The van der Waals surface area contributed by atoms with Crippen molar-refractivity contribution in [2.75, 3.05) is 6.61 Å². The normalized spacial score (nSPS) is 11.2. The lowest BCUT2D eigenvalue weighted by Gasteiger charge is -2.07. The van der Waals surface area contributed by atoms with Crippen LogP contribution in [0.25, 0.3) is 0 Å². The van der Waals surface area contributed by atoms with Crippen molar-refractivity contribution in [1.82, 2.24) is 0 Å². The first-order valence-corrected chi connectivity index (χ1v) is 5.01. The number of hydrogen-bond acceptors (Lipinski definition) is 3. The molecule has 92 valence electrons. The molecule has 5 heteroatoms. The summed E-state index contributed by atoms with van der Waals surface area (Å²) in [5.74, 6) is -2.78. The van der Waals surface area contributed by atoms with Gasteiger partial charge < -0.3 is 9.47 Å². The molecule has 0 heterocycles. The summed E-state index contributed by atoms with van der Waals surface area (Å²) in [7, 11) is 0. The van der Waals surface area contributed by atoms with E-state index in [1.165, 1.54) is 13.0 Å². The molecule has 0 aliphatic heterocycles. The second kappa shape index (κ2) is 5.98. The van der Waals surface area contributed by atoms with Gasteiger partial charge in [-0.2, -0.15) is 0 Å². The van der Waals surface area contributed by atoms with Gasteiger partial charge in [-0.1, -0.05) is 6.07 Å². The Labute approximate surface area is 97.7 Å². The average Bonchev–Trinajstić information content (AvgIpc) is 2.24. The van der Waals surface area contributed by atoms with E-state index in [4.69, 9.17) is 4.74 Å². The van der Waals surface area contributed by atoms with Crippen LogP contribution in [0.4, 0.5) is 8.78 Å². The van der Waals surface area contributed by atoms with Crippen molar-refractivity contribution in [3.05, 3.63) is 41.7 Å². The number of carbonyl (C=O) groups excluding carboxylic acids is 1. The summed E-state index contributed by atoms with van der Waals surface area (Å²) >= 11 is 0. The first-order valence-electron chi connectivity index (χ1n) is 5.01. The number of ether oxygens (including phenoxy) is 2. The van der Waals surface area contributed by atoms with Crippen molar-refractivity contribution in [3.63, 3.8) is 0 Å². The average molecular weight is 242 g/mol. The third-order valence-corrected chi connectivity index (χ3v) is 1.79. The number of benzene rings is 1. The fourth-order valence-corrected chi connectivity index (χ4v) is 1.12. The third kappa shape index (κ3) is 3.86. The first-order chi connectivity index (χ1) is 8.04. The maximum absolute atomic E-state index is 13.2. The van der Waals surface area contributed by atoms with Crippen LogP contribution in [0.3, 0.4) is 0 Å². The minimum absolute atomic E-state index is 0.0486. The molecule has 3 nitrogen and oxygen atoms in total. The van der Waals surface area contributed by atoms with Gasteiger partial charge in [-0.05, 0) is 26.0 Å². The van der Waals surface area contributed by atoms with E-state index in [1.54, 1.807) is 6.92 Å². The predicted octanol–water partition coefficient (Wildman–Crippen LogP) is 2.81. The summed E-state index contributed by atoms with van der Waals surface area (Å²) in [6.07, 6.45) is 1.02. The van der Waals surface area contributed by atoms with Gasteiger partial charge in [0.2, 0.25) is 0 Å². The topological polar surface area (TPSA) is 35.5 Å². The van der Waals surface area contributed by atoms with Crippen LogP contribution in [-0.2, 0) is 9.53 Å². The highest BCUT2D eigenvalue weighted by Crippen LogP contribution is 2.22. The van der Waals surface area contributed by atoms with Crippen molar-refractivity contribution in [3.8, 4) is 5.75 Å². The molecule has 0 spiro atoms. The first kappa shape index (κ1) is 13.2. The molecule has 17 heavy (non-hydrogen) atoms. The summed E-state index contributed by atoms with van der Waals surface area (Å²) in [5, 5.41) is 0. The standard InChI is InChI=1S/C12H12F2O3/c1-3-16-11(15)7-8(2)17-12-9(13)5-4-6-10(12)14/h4-7H,3H2,1-2H3/b8-7+. The molecule has 1 aromatic carbocycles. The molecule has 1 rings (SSSR count). The number of rotatable bonds is 4. The molecule has 0 saturated heterocycles. The maximum atomic E-state index is 13.2. The number of allylic oxidation sites excluding steroid dienone is 1. The number of esters is 1. The zero-order valence-corrected chi connectivity index (χ0v) is 9.50. The smallest absolute Gasteiger partial charge is 0.334 e. The molecule has 0 atom stereocenters. The van der Waals surface area contributed by atoms with E-state index in [2.05, 4.69) is 4.74 Å². The molecule has 0 unspecified atom stereocenters. The van der Waals surface area contributed by atoms with E-state index >= 15 is 0 Å². The number of carbonyl (C=O) groups is 1. The van der Waals surface area contributed by atoms with Gasteiger partial charge in [0.1, 0.15) is 5.76 Å². The van der Waals surface area contributed by atoms with E-state index in [0.717, 1.165) is 18.2 Å². The molecule has 0 aliphatic carbocycles. The van der Waals surface area contributed by atoms with Gasteiger partial charge in [0.05, 0.1) is 12.7 Å². The minimum atomic E-state index is -0.832. The van der Waals surface area contributed by atoms with Crippen LogP contribution >= 0.6 is 0 Å². The minimum Gasteiger partial charge on any atom is -0.463 e. The Hall–Kier alpha value is -1.91. The van der Waals surface area contributed by atoms with Gasteiger partial charge in [0.15, 0.2) is 17.4 Å². The Balaban J connectivity index is 2.81. The van der Waals surface area contributed by atoms with Crippen molar-refractivity contribution < 1.29 is 23.0 Å². The van der Waals surface area contributed by atoms with Gasteiger partial charge in [-0.25, -0.2) is 13.6 Å². The molecule has 0 N–H and O–H groups in total. The largest absolute Gasteiger partial charge is 0.463 e. The van der Waals surface area contributed by atoms with E-state index in [0.29, 0.717) is 0 Å². The Morgan fingerprint density at radius 1 is 1.35 bits per heavy atom. The zero-order chi connectivity index (χ0) is 12.8. The quantitative estimate of drug-likeness (QED) is 0.462. The molecular weight excluding hydrogens is 230 g/mol. The van der Waals surface area contributed by atoms with Crippen LogP contribution in [0.2, 0.25) is 0 Å². The SMILES string of the molecule is CCOC(=O)/C=C(\C)Oc1c(F)cccc1F. The van der Waals surface area contributed by atoms with Crippen LogP contribution in [0.1, 0.15) is 13.8 Å². The van der Waals surface area contributed by atoms with E-state index < -0.39 is 23.4 Å². The molecule has 0 radical (unpaired) electrons. The predicted molar refractivity (Wildman–Crippen MR) is 57.4 cm³/mol. The van der Waals surface area contributed by atoms with E-state index in [-0.39, 0.29) is 12.4 Å². The highest BCUT2D eigenvalue weighted by molar-refractivity contribution is 5.82. The summed E-state index contributed by atoms with van der Waals surface area (Å²) in [5.41, 5.74) is 0. The number of para-hydroxylation sites is 1. The lowest BCUT2D eigenvalue weighted by molar-refractivity contribution is -0.137. The zero-order valence-electron chi connectivity index (χ0n) is 9.50.